The zero-order chi connectivity index (χ0) is 10.4. The minimum Gasteiger partial charge on any atom is -0.492 e. The van der Waals surface area contributed by atoms with Crippen molar-refractivity contribution in [2.45, 2.75) is 6.92 Å². The second-order valence-corrected chi connectivity index (χ2v) is 3.19. The van der Waals surface area contributed by atoms with Gasteiger partial charge < -0.3 is 15.4 Å². The summed E-state index contributed by atoms with van der Waals surface area (Å²) in [7, 11) is 1.88. The Labute approximate surface area is 89.4 Å². The lowest BCUT2D eigenvalue weighted by atomic mass is 10.3. The molecule has 0 aliphatic carbocycles. The summed E-state index contributed by atoms with van der Waals surface area (Å²) in [6, 6.07) is 5.65. The third-order valence-corrected chi connectivity index (χ3v) is 2.00. The van der Waals surface area contributed by atoms with E-state index in [-0.39, 0.29) is 0 Å². The van der Waals surface area contributed by atoms with Gasteiger partial charge in [0.15, 0.2) is 0 Å². The van der Waals surface area contributed by atoms with Gasteiger partial charge in [-0.2, -0.15) is 0 Å². The quantitative estimate of drug-likeness (QED) is 0.739. The highest BCUT2D eigenvalue weighted by atomic mass is 35.5. The van der Waals surface area contributed by atoms with Gasteiger partial charge in [0.1, 0.15) is 5.75 Å². The fraction of sp³-hybridized carbons (Fsp3) is 0.400. The van der Waals surface area contributed by atoms with Crippen molar-refractivity contribution in [2.24, 2.45) is 0 Å². The van der Waals surface area contributed by atoms with Crippen LogP contribution in [0.3, 0.4) is 0 Å². The number of hydrogen-bond acceptors (Lipinski definition) is 3. The van der Waals surface area contributed by atoms with E-state index in [0.29, 0.717) is 18.3 Å². The summed E-state index contributed by atoms with van der Waals surface area (Å²) in [6.07, 6.45) is 0. The topological polar surface area (TPSA) is 33.3 Å². The molecule has 0 aromatic heterocycles. The van der Waals surface area contributed by atoms with Crippen LogP contribution in [0.25, 0.3) is 0 Å². The number of benzene rings is 1. The van der Waals surface area contributed by atoms with Gasteiger partial charge in [-0.1, -0.05) is 11.6 Å². The molecule has 0 aliphatic rings. The van der Waals surface area contributed by atoms with E-state index in [1.807, 2.05) is 32.2 Å². The lowest BCUT2D eigenvalue weighted by Gasteiger charge is -2.09. The molecule has 0 heterocycles. The van der Waals surface area contributed by atoms with Gasteiger partial charge in [-0.3, -0.25) is 0 Å². The van der Waals surface area contributed by atoms with Gasteiger partial charge in [0.25, 0.3) is 0 Å². The molecule has 0 radical (unpaired) electrons. The summed E-state index contributed by atoms with van der Waals surface area (Å²) in [5.74, 6) is 0.726. The van der Waals surface area contributed by atoms with Crippen LogP contribution in [0.4, 0.5) is 5.69 Å². The number of rotatable bonds is 5. The van der Waals surface area contributed by atoms with Crippen molar-refractivity contribution in [1.29, 1.82) is 0 Å². The molecular weight excluding hydrogens is 200 g/mol. The van der Waals surface area contributed by atoms with Crippen LogP contribution < -0.4 is 15.4 Å². The molecule has 14 heavy (non-hydrogen) atoms. The minimum atomic E-state index is 0.628. The van der Waals surface area contributed by atoms with Crippen molar-refractivity contribution in [3.8, 4) is 5.75 Å². The molecule has 4 heteroatoms. The maximum absolute atomic E-state index is 6.00. The normalized spacial score (nSPS) is 9.93. The molecule has 0 unspecified atom stereocenters. The van der Waals surface area contributed by atoms with E-state index in [9.17, 15) is 0 Å². The molecule has 0 fully saturated rings. The molecule has 1 aromatic rings. The van der Waals surface area contributed by atoms with Gasteiger partial charge in [0.2, 0.25) is 0 Å². The Hall–Kier alpha value is -0.930. The predicted molar refractivity (Wildman–Crippen MR) is 60.2 cm³/mol. The summed E-state index contributed by atoms with van der Waals surface area (Å²) >= 11 is 6.00. The Morgan fingerprint density at radius 1 is 1.43 bits per heavy atom. The highest BCUT2D eigenvalue weighted by molar-refractivity contribution is 6.32. The van der Waals surface area contributed by atoms with Crippen molar-refractivity contribution < 1.29 is 4.74 Å². The summed E-state index contributed by atoms with van der Waals surface area (Å²) in [5, 5.41) is 6.78. The van der Waals surface area contributed by atoms with Gasteiger partial charge in [0, 0.05) is 5.69 Å². The number of hydrogen-bond donors (Lipinski definition) is 2. The molecule has 0 bridgehead atoms. The summed E-state index contributed by atoms with van der Waals surface area (Å²) < 4.78 is 5.32. The molecule has 2 N–H and O–H groups in total. The van der Waals surface area contributed by atoms with Gasteiger partial charge in [0.05, 0.1) is 18.3 Å². The maximum atomic E-state index is 6.00. The van der Waals surface area contributed by atoms with Crippen LogP contribution in [-0.4, -0.2) is 20.3 Å². The number of nitrogens with one attached hydrogen (secondary N) is 2. The van der Waals surface area contributed by atoms with E-state index >= 15 is 0 Å². The summed E-state index contributed by atoms with van der Waals surface area (Å²) in [6.45, 7) is 3.27. The average Bonchev–Trinajstić information content (AvgIpc) is 2.19. The molecule has 0 atom stereocenters. The highest BCUT2D eigenvalue weighted by Crippen LogP contribution is 2.27. The first kappa shape index (κ1) is 11.1. The lowest BCUT2D eigenvalue weighted by molar-refractivity contribution is 0.340. The van der Waals surface area contributed by atoms with Gasteiger partial charge in [-0.05, 0) is 32.2 Å². The zero-order valence-corrected chi connectivity index (χ0v) is 9.19. The predicted octanol–water partition coefficient (Wildman–Crippen LogP) is 2.33. The van der Waals surface area contributed by atoms with Crippen molar-refractivity contribution in [2.75, 3.05) is 25.6 Å². The van der Waals surface area contributed by atoms with E-state index < -0.39 is 0 Å². The Morgan fingerprint density at radius 2 is 2.21 bits per heavy atom. The van der Waals surface area contributed by atoms with Crippen molar-refractivity contribution in [1.82, 2.24) is 5.32 Å². The first-order valence-electron chi connectivity index (χ1n) is 4.58. The Balaban J connectivity index is 2.68. The van der Waals surface area contributed by atoms with E-state index in [0.717, 1.165) is 11.4 Å². The molecule has 0 spiro atoms. The molecule has 1 rings (SSSR count). The van der Waals surface area contributed by atoms with Gasteiger partial charge in [-0.25, -0.2) is 0 Å². The van der Waals surface area contributed by atoms with Crippen molar-refractivity contribution >= 4 is 17.3 Å². The summed E-state index contributed by atoms with van der Waals surface area (Å²) in [5.41, 5.74) is 0.979. The minimum absolute atomic E-state index is 0.628. The molecule has 1 aromatic carbocycles. The van der Waals surface area contributed by atoms with Crippen LogP contribution in [0.5, 0.6) is 5.75 Å². The lowest BCUT2D eigenvalue weighted by Crippen LogP contribution is -2.16. The Kier molecular flexibility index (Phi) is 4.56. The molecule has 78 valence electrons. The van der Waals surface area contributed by atoms with Crippen molar-refractivity contribution in [3.05, 3.63) is 23.2 Å². The maximum Gasteiger partial charge on any atom is 0.138 e. The fourth-order valence-electron chi connectivity index (χ4n) is 1.07. The smallest absolute Gasteiger partial charge is 0.138 e. The van der Waals surface area contributed by atoms with Crippen LogP contribution >= 0.6 is 11.6 Å². The average molecular weight is 215 g/mol. The second kappa shape index (κ2) is 5.73. The standard InChI is InChI=1S/C10H15ClN2O/c1-3-14-10-5-4-8(6-9(10)11)13-7-12-2/h4-6,12-13H,3,7H2,1-2H3. The number of ether oxygens (including phenoxy) is 1. The van der Waals surface area contributed by atoms with Crippen LogP contribution in [0.1, 0.15) is 6.92 Å². The first-order valence-corrected chi connectivity index (χ1v) is 4.96. The SMILES string of the molecule is CCOc1ccc(NCNC)cc1Cl. The van der Waals surface area contributed by atoms with E-state index in [1.54, 1.807) is 0 Å². The molecule has 0 amide bonds. The van der Waals surface area contributed by atoms with Crippen LogP contribution in [0.15, 0.2) is 18.2 Å². The third-order valence-electron chi connectivity index (χ3n) is 1.70. The molecular formula is C10H15ClN2O. The molecule has 0 saturated carbocycles. The highest BCUT2D eigenvalue weighted by Gasteiger charge is 2.01. The molecule has 0 aliphatic heterocycles. The molecule has 3 nitrogen and oxygen atoms in total. The van der Waals surface area contributed by atoms with Gasteiger partial charge in [-0.15, -0.1) is 0 Å². The first-order chi connectivity index (χ1) is 6.77. The van der Waals surface area contributed by atoms with E-state index in [2.05, 4.69) is 10.6 Å². The third kappa shape index (κ3) is 3.09. The monoisotopic (exact) mass is 214 g/mol. The number of halogens is 1. The molecule has 0 saturated heterocycles. The van der Waals surface area contributed by atoms with Crippen molar-refractivity contribution in [3.63, 3.8) is 0 Å². The zero-order valence-electron chi connectivity index (χ0n) is 8.43. The Morgan fingerprint density at radius 3 is 2.79 bits per heavy atom. The van der Waals surface area contributed by atoms with E-state index in [1.165, 1.54) is 0 Å². The van der Waals surface area contributed by atoms with Crippen LogP contribution in [-0.2, 0) is 0 Å². The van der Waals surface area contributed by atoms with Crippen LogP contribution in [0.2, 0.25) is 5.02 Å². The van der Waals surface area contributed by atoms with E-state index in [4.69, 9.17) is 16.3 Å². The van der Waals surface area contributed by atoms with Gasteiger partial charge >= 0.3 is 0 Å². The largest absolute Gasteiger partial charge is 0.492 e. The fourth-order valence-corrected chi connectivity index (χ4v) is 1.31. The number of anilines is 1. The second-order valence-electron chi connectivity index (χ2n) is 2.79. The van der Waals surface area contributed by atoms with Crippen LogP contribution in [0, 0.1) is 0 Å². The Bertz CT molecular complexity index is 291. The summed E-state index contributed by atoms with van der Waals surface area (Å²) in [4.78, 5) is 0.